The number of ether oxygens (including phenoxy) is 2. The molecule has 8 heteroatoms. The van der Waals surface area contributed by atoms with E-state index in [4.69, 9.17) is 9.47 Å². The summed E-state index contributed by atoms with van der Waals surface area (Å²) in [5.41, 5.74) is 4.82. The van der Waals surface area contributed by atoms with Crippen LogP contribution in [0, 0.1) is 12.8 Å². The van der Waals surface area contributed by atoms with Gasteiger partial charge in [-0.15, -0.1) is 5.10 Å². The Hall–Kier alpha value is -3.68. The van der Waals surface area contributed by atoms with Crippen LogP contribution in [0.3, 0.4) is 0 Å². The maximum atomic E-state index is 13.2. The summed E-state index contributed by atoms with van der Waals surface area (Å²) in [7, 11) is 3.25. The van der Waals surface area contributed by atoms with E-state index in [2.05, 4.69) is 40.6 Å². The van der Waals surface area contributed by atoms with Gasteiger partial charge in [0.05, 0.1) is 19.7 Å². The van der Waals surface area contributed by atoms with Gasteiger partial charge in [0, 0.05) is 30.0 Å². The van der Waals surface area contributed by atoms with E-state index in [0.29, 0.717) is 36.7 Å². The number of nitrogens with zero attached hydrogens (tertiary/aromatic N) is 5. The quantitative estimate of drug-likeness (QED) is 0.412. The fraction of sp³-hybridized carbons (Fsp3) is 0.360. The van der Waals surface area contributed by atoms with Crippen LogP contribution in [0.2, 0.25) is 0 Å². The standard InChI is InChI=1S/C25H27N5O3/c1-16-5-4-6-19-14-20(24-26-27-28-30(24)23(16)19)15-29(25(31)18-8-9-18)12-11-17-7-10-21(32-2)22(13-17)33-3/h4-7,10,13-14,18H,8-9,11-12,15H2,1-3H3. The Morgan fingerprint density at radius 1 is 1.12 bits per heavy atom. The van der Waals surface area contributed by atoms with Crippen LogP contribution in [0.1, 0.15) is 29.5 Å². The predicted octanol–water partition coefficient (Wildman–Crippen LogP) is 3.58. The Kier molecular flexibility index (Phi) is 5.58. The highest BCUT2D eigenvalue weighted by atomic mass is 16.5. The molecular weight excluding hydrogens is 418 g/mol. The van der Waals surface area contributed by atoms with Gasteiger partial charge >= 0.3 is 0 Å². The molecule has 1 fully saturated rings. The van der Waals surface area contributed by atoms with Gasteiger partial charge < -0.3 is 14.4 Å². The number of aryl methyl sites for hydroxylation is 1. The third-order valence-corrected chi connectivity index (χ3v) is 6.29. The SMILES string of the molecule is COc1ccc(CCN(Cc2cc3cccc(C)c3n3nnnc23)C(=O)C2CC2)cc1OC. The van der Waals surface area contributed by atoms with Crippen LogP contribution in [-0.4, -0.2) is 51.6 Å². The normalized spacial score (nSPS) is 13.4. The van der Waals surface area contributed by atoms with E-state index in [1.54, 1.807) is 18.7 Å². The molecule has 1 saturated carbocycles. The van der Waals surface area contributed by atoms with Gasteiger partial charge in [0.15, 0.2) is 17.1 Å². The van der Waals surface area contributed by atoms with Crippen molar-refractivity contribution in [3.63, 3.8) is 0 Å². The molecular formula is C25H27N5O3. The molecule has 5 rings (SSSR count). The third-order valence-electron chi connectivity index (χ3n) is 6.29. The number of rotatable bonds is 8. The molecule has 0 radical (unpaired) electrons. The number of fused-ring (bicyclic) bond motifs is 3. The van der Waals surface area contributed by atoms with Crippen molar-refractivity contribution in [3.05, 3.63) is 59.2 Å². The van der Waals surface area contributed by atoms with E-state index < -0.39 is 0 Å². The first kappa shape index (κ1) is 21.2. The summed E-state index contributed by atoms with van der Waals surface area (Å²) in [4.78, 5) is 15.1. The van der Waals surface area contributed by atoms with Crippen LogP contribution < -0.4 is 9.47 Å². The van der Waals surface area contributed by atoms with Crippen LogP contribution in [-0.2, 0) is 17.8 Å². The number of para-hydroxylation sites is 1. The van der Waals surface area contributed by atoms with Gasteiger partial charge in [-0.05, 0) is 65.9 Å². The summed E-state index contributed by atoms with van der Waals surface area (Å²) in [5.74, 6) is 1.71. The van der Waals surface area contributed by atoms with E-state index in [0.717, 1.165) is 40.4 Å². The number of hydrogen-bond donors (Lipinski definition) is 0. The summed E-state index contributed by atoms with van der Waals surface area (Å²) in [6.45, 7) is 3.12. The highest BCUT2D eigenvalue weighted by Gasteiger charge is 2.33. The second kappa shape index (κ2) is 8.69. The minimum absolute atomic E-state index is 0.130. The zero-order valence-corrected chi connectivity index (χ0v) is 19.1. The summed E-state index contributed by atoms with van der Waals surface area (Å²) < 4.78 is 12.6. The van der Waals surface area contributed by atoms with Gasteiger partial charge in [0.1, 0.15) is 0 Å². The summed E-state index contributed by atoms with van der Waals surface area (Å²) in [5, 5.41) is 13.5. The van der Waals surface area contributed by atoms with Crippen LogP contribution >= 0.6 is 0 Å². The number of benzene rings is 2. The Labute approximate surface area is 192 Å². The van der Waals surface area contributed by atoms with Crippen molar-refractivity contribution in [2.24, 2.45) is 5.92 Å². The Bertz CT molecular complexity index is 1330. The van der Waals surface area contributed by atoms with E-state index in [-0.39, 0.29) is 11.8 Å². The minimum Gasteiger partial charge on any atom is -0.493 e. The van der Waals surface area contributed by atoms with Crippen molar-refractivity contribution in [2.75, 3.05) is 20.8 Å². The number of hydrogen-bond acceptors (Lipinski definition) is 6. The molecule has 170 valence electrons. The molecule has 0 atom stereocenters. The highest BCUT2D eigenvalue weighted by molar-refractivity contribution is 5.86. The molecule has 33 heavy (non-hydrogen) atoms. The Morgan fingerprint density at radius 2 is 1.94 bits per heavy atom. The molecule has 1 aliphatic rings. The summed E-state index contributed by atoms with van der Waals surface area (Å²) in [6.07, 6.45) is 2.64. The van der Waals surface area contributed by atoms with Crippen molar-refractivity contribution in [2.45, 2.75) is 32.7 Å². The number of pyridine rings is 1. The molecule has 2 heterocycles. The number of methoxy groups -OCH3 is 2. The number of aromatic nitrogens is 4. The Balaban J connectivity index is 1.45. The average molecular weight is 446 g/mol. The largest absolute Gasteiger partial charge is 0.493 e. The van der Waals surface area contributed by atoms with Crippen molar-refractivity contribution >= 4 is 22.5 Å². The van der Waals surface area contributed by atoms with Gasteiger partial charge in [-0.25, -0.2) is 0 Å². The number of tetrazole rings is 1. The smallest absolute Gasteiger partial charge is 0.225 e. The molecule has 0 aliphatic heterocycles. The predicted molar refractivity (Wildman–Crippen MR) is 124 cm³/mol. The van der Waals surface area contributed by atoms with Crippen molar-refractivity contribution in [1.82, 2.24) is 24.9 Å². The van der Waals surface area contributed by atoms with Gasteiger partial charge in [0.25, 0.3) is 0 Å². The zero-order chi connectivity index (χ0) is 22.9. The molecule has 0 spiro atoms. The maximum absolute atomic E-state index is 13.2. The summed E-state index contributed by atoms with van der Waals surface area (Å²) in [6, 6.07) is 14.1. The van der Waals surface area contributed by atoms with Crippen molar-refractivity contribution < 1.29 is 14.3 Å². The zero-order valence-electron chi connectivity index (χ0n) is 19.1. The summed E-state index contributed by atoms with van der Waals surface area (Å²) >= 11 is 0. The monoisotopic (exact) mass is 445 g/mol. The van der Waals surface area contributed by atoms with Gasteiger partial charge in [-0.1, -0.05) is 24.3 Å². The molecule has 1 amide bonds. The first-order valence-electron chi connectivity index (χ1n) is 11.2. The first-order chi connectivity index (χ1) is 16.1. The molecule has 0 saturated heterocycles. The van der Waals surface area contributed by atoms with E-state index in [9.17, 15) is 4.79 Å². The second-order valence-electron chi connectivity index (χ2n) is 8.57. The molecule has 0 unspecified atom stereocenters. The number of carbonyl (C=O) groups is 1. The van der Waals surface area contributed by atoms with Gasteiger partial charge in [-0.3, -0.25) is 4.79 Å². The van der Waals surface area contributed by atoms with E-state index in [1.165, 1.54) is 0 Å². The van der Waals surface area contributed by atoms with Gasteiger partial charge in [-0.2, -0.15) is 4.52 Å². The van der Waals surface area contributed by atoms with Crippen LogP contribution in [0.4, 0.5) is 0 Å². The molecule has 0 N–H and O–H groups in total. The molecule has 0 bridgehead atoms. The lowest BCUT2D eigenvalue weighted by Gasteiger charge is -2.23. The average Bonchev–Trinajstić information content (AvgIpc) is 3.57. The van der Waals surface area contributed by atoms with Crippen LogP contribution in [0.5, 0.6) is 11.5 Å². The lowest BCUT2D eigenvalue weighted by Crippen LogP contribution is -2.33. The number of amides is 1. The van der Waals surface area contributed by atoms with E-state index >= 15 is 0 Å². The second-order valence-corrected chi connectivity index (χ2v) is 8.57. The molecule has 2 aromatic heterocycles. The topological polar surface area (TPSA) is 81.9 Å². The fourth-order valence-corrected chi connectivity index (χ4v) is 4.36. The minimum atomic E-state index is 0.130. The molecule has 2 aromatic carbocycles. The lowest BCUT2D eigenvalue weighted by molar-refractivity contribution is -0.133. The molecule has 1 aliphatic carbocycles. The van der Waals surface area contributed by atoms with Crippen LogP contribution in [0.15, 0.2) is 42.5 Å². The maximum Gasteiger partial charge on any atom is 0.225 e. The van der Waals surface area contributed by atoms with Gasteiger partial charge in [0.2, 0.25) is 5.91 Å². The fourth-order valence-electron chi connectivity index (χ4n) is 4.36. The molecule has 4 aromatic rings. The van der Waals surface area contributed by atoms with Crippen molar-refractivity contribution in [1.29, 1.82) is 0 Å². The lowest BCUT2D eigenvalue weighted by atomic mass is 10.1. The van der Waals surface area contributed by atoms with E-state index in [1.807, 2.05) is 29.2 Å². The first-order valence-corrected chi connectivity index (χ1v) is 11.2. The molecule has 8 nitrogen and oxygen atoms in total. The highest BCUT2D eigenvalue weighted by Crippen LogP contribution is 2.33. The van der Waals surface area contributed by atoms with Crippen LogP contribution in [0.25, 0.3) is 16.6 Å². The third kappa shape index (κ3) is 4.08. The Morgan fingerprint density at radius 3 is 2.70 bits per heavy atom. The number of carbonyl (C=O) groups excluding carboxylic acids is 1. The van der Waals surface area contributed by atoms with Crippen molar-refractivity contribution in [3.8, 4) is 11.5 Å².